The molecule has 2 fully saturated rings. The molecule has 4 unspecified atom stereocenters. The summed E-state index contributed by atoms with van der Waals surface area (Å²) in [4.78, 5) is 35.2. The van der Waals surface area contributed by atoms with Crippen LogP contribution in [0.4, 0.5) is 16.2 Å². The van der Waals surface area contributed by atoms with Gasteiger partial charge in [0.05, 0.1) is 9.85 Å². The van der Waals surface area contributed by atoms with Gasteiger partial charge in [-0.05, 0) is 112 Å². The second-order valence-corrected chi connectivity index (χ2v) is 12.2. The molecule has 0 radical (unpaired) electrons. The Kier molecular flexibility index (Phi) is 8.09. The van der Waals surface area contributed by atoms with E-state index in [-0.39, 0.29) is 22.9 Å². The van der Waals surface area contributed by atoms with Crippen LogP contribution >= 0.6 is 0 Å². The van der Waals surface area contributed by atoms with E-state index in [1.165, 1.54) is 36.4 Å². The largest absolute Gasteiger partial charge is 0.519 e. The molecule has 0 bridgehead atoms. The van der Waals surface area contributed by atoms with Gasteiger partial charge in [0, 0.05) is 35.4 Å². The van der Waals surface area contributed by atoms with Crippen molar-refractivity contribution in [3.05, 3.63) is 92.1 Å². The number of nitro benzene ring substituents is 2. The Labute approximate surface area is 244 Å². The number of rotatable bonds is 8. The Morgan fingerprint density at radius 3 is 1.33 bits per heavy atom. The molecular formula is C33H36N2O7. The van der Waals surface area contributed by atoms with Crippen LogP contribution in [0.1, 0.15) is 62.5 Å². The van der Waals surface area contributed by atoms with E-state index in [0.717, 1.165) is 51.4 Å². The van der Waals surface area contributed by atoms with E-state index < -0.39 is 16.0 Å². The summed E-state index contributed by atoms with van der Waals surface area (Å²) in [5, 5.41) is 23.0. The fourth-order valence-corrected chi connectivity index (χ4v) is 7.58. The minimum Gasteiger partial charge on any atom is -0.394 e. The SMILES string of the molecule is O=C(Oc1ccc([N+](=O)[O-])cc1CC1C2CC/C=C/CCC21)Oc1ccc([N+](=O)[O-])cc1CC1C2CC/C=C/CCC21. The van der Waals surface area contributed by atoms with Crippen molar-refractivity contribution in [1.82, 2.24) is 0 Å². The molecule has 0 N–H and O–H groups in total. The lowest BCUT2D eigenvalue weighted by molar-refractivity contribution is -0.385. The van der Waals surface area contributed by atoms with Crippen LogP contribution in [-0.4, -0.2) is 16.0 Å². The molecule has 2 aromatic rings. The van der Waals surface area contributed by atoms with Gasteiger partial charge in [-0.3, -0.25) is 20.2 Å². The fourth-order valence-electron chi connectivity index (χ4n) is 7.58. The molecule has 2 aromatic carbocycles. The van der Waals surface area contributed by atoms with Crippen molar-refractivity contribution in [2.75, 3.05) is 0 Å². The predicted octanol–water partition coefficient (Wildman–Crippen LogP) is 8.15. The van der Waals surface area contributed by atoms with E-state index in [1.807, 2.05) is 0 Å². The second kappa shape index (κ2) is 12.1. The highest BCUT2D eigenvalue weighted by atomic mass is 16.7. The van der Waals surface area contributed by atoms with Crippen LogP contribution < -0.4 is 9.47 Å². The van der Waals surface area contributed by atoms with Crippen molar-refractivity contribution in [3.63, 3.8) is 0 Å². The van der Waals surface area contributed by atoms with Crippen LogP contribution in [0.5, 0.6) is 11.5 Å². The zero-order chi connectivity index (χ0) is 29.2. The van der Waals surface area contributed by atoms with Gasteiger partial charge in [-0.2, -0.15) is 0 Å². The molecule has 0 saturated heterocycles. The first-order valence-corrected chi connectivity index (χ1v) is 15.1. The Hall–Kier alpha value is -4.01. The molecule has 4 aliphatic carbocycles. The number of carbonyl (C=O) groups is 1. The standard InChI is InChI=1S/C33H36N2O7/c36-33(41-31-15-13-23(34(37)38)17-21(31)19-29-25-9-5-1-2-6-10-26(25)29)42-32-16-14-24(35(39)40)18-22(32)20-30-27-11-7-3-4-8-12-28(27)30/h1-4,13-18,25-30H,5-12,19-20H2/b2-1+,4-3+. The van der Waals surface area contributed by atoms with E-state index in [0.29, 0.717) is 59.5 Å². The first-order valence-electron chi connectivity index (χ1n) is 15.1. The molecule has 9 nitrogen and oxygen atoms in total. The molecule has 2 saturated carbocycles. The quantitative estimate of drug-likeness (QED) is 0.103. The molecule has 0 amide bonds. The predicted molar refractivity (Wildman–Crippen MR) is 156 cm³/mol. The molecule has 0 heterocycles. The molecule has 42 heavy (non-hydrogen) atoms. The van der Waals surface area contributed by atoms with Crippen LogP contribution in [0.15, 0.2) is 60.7 Å². The normalized spacial score (nSPS) is 29.2. The van der Waals surface area contributed by atoms with Gasteiger partial charge in [-0.15, -0.1) is 0 Å². The number of ether oxygens (including phenoxy) is 2. The fraction of sp³-hybridized carbons (Fsp3) is 0.485. The summed E-state index contributed by atoms with van der Waals surface area (Å²) < 4.78 is 11.3. The molecular weight excluding hydrogens is 536 g/mol. The minimum absolute atomic E-state index is 0.0456. The third kappa shape index (κ3) is 6.25. The van der Waals surface area contributed by atoms with Crippen molar-refractivity contribution >= 4 is 17.5 Å². The molecule has 4 aliphatic rings. The maximum absolute atomic E-state index is 13.1. The minimum atomic E-state index is -0.961. The number of allylic oxidation sites excluding steroid dienone is 4. The van der Waals surface area contributed by atoms with Crippen LogP contribution in [-0.2, 0) is 12.8 Å². The van der Waals surface area contributed by atoms with Gasteiger partial charge in [0.25, 0.3) is 11.4 Å². The number of hydrogen-bond donors (Lipinski definition) is 0. The number of carbonyl (C=O) groups excluding carboxylic acids is 1. The zero-order valence-electron chi connectivity index (χ0n) is 23.6. The highest BCUT2D eigenvalue weighted by Crippen LogP contribution is 2.56. The number of fused-ring (bicyclic) bond motifs is 2. The third-order valence-corrected chi connectivity index (χ3v) is 9.83. The first-order chi connectivity index (χ1) is 20.4. The van der Waals surface area contributed by atoms with Gasteiger partial charge in [0.2, 0.25) is 0 Å². The highest BCUT2D eigenvalue weighted by molar-refractivity contribution is 5.69. The molecule has 0 aromatic heterocycles. The Morgan fingerprint density at radius 2 is 1.00 bits per heavy atom. The Balaban J connectivity index is 1.18. The number of nitrogens with zero attached hydrogens (tertiary/aromatic N) is 2. The molecule has 9 heteroatoms. The summed E-state index contributed by atoms with van der Waals surface area (Å²) in [6.45, 7) is 0. The average molecular weight is 573 g/mol. The number of nitro groups is 2. The average Bonchev–Trinajstić information content (AvgIpc) is 3.78. The van der Waals surface area contributed by atoms with Crippen LogP contribution in [0.2, 0.25) is 0 Å². The van der Waals surface area contributed by atoms with Gasteiger partial charge in [-0.1, -0.05) is 24.3 Å². The lowest BCUT2D eigenvalue weighted by Gasteiger charge is -2.13. The molecule has 4 atom stereocenters. The number of hydrogen-bond acceptors (Lipinski definition) is 7. The highest BCUT2D eigenvalue weighted by Gasteiger charge is 2.49. The van der Waals surface area contributed by atoms with Gasteiger partial charge in [-0.25, -0.2) is 4.79 Å². The summed E-state index contributed by atoms with van der Waals surface area (Å²) in [6, 6.07) is 8.59. The van der Waals surface area contributed by atoms with Crippen molar-refractivity contribution in [2.24, 2.45) is 35.5 Å². The Morgan fingerprint density at radius 1 is 0.643 bits per heavy atom. The summed E-state index contributed by atoms with van der Waals surface area (Å²) in [5.74, 6) is 3.60. The third-order valence-electron chi connectivity index (χ3n) is 9.83. The van der Waals surface area contributed by atoms with Gasteiger partial charge < -0.3 is 9.47 Å². The number of non-ortho nitro benzene ring substituents is 2. The van der Waals surface area contributed by atoms with Crippen LogP contribution in [0.25, 0.3) is 0 Å². The van der Waals surface area contributed by atoms with E-state index in [2.05, 4.69) is 24.3 Å². The molecule has 6 rings (SSSR count). The summed E-state index contributed by atoms with van der Waals surface area (Å²) >= 11 is 0. The molecule has 0 spiro atoms. The van der Waals surface area contributed by atoms with Crippen LogP contribution in [0, 0.1) is 55.7 Å². The Bertz CT molecular complexity index is 1300. The summed E-state index contributed by atoms with van der Waals surface area (Å²) in [5.41, 5.74) is 1.15. The van der Waals surface area contributed by atoms with Crippen molar-refractivity contribution < 1.29 is 24.1 Å². The van der Waals surface area contributed by atoms with E-state index in [1.54, 1.807) is 0 Å². The summed E-state index contributed by atoms with van der Waals surface area (Å²) in [7, 11) is 0. The van der Waals surface area contributed by atoms with Crippen molar-refractivity contribution in [2.45, 2.75) is 64.2 Å². The van der Waals surface area contributed by atoms with E-state index >= 15 is 0 Å². The summed E-state index contributed by atoms with van der Waals surface area (Å²) in [6.07, 6.45) is 17.7. The second-order valence-electron chi connectivity index (χ2n) is 12.2. The first kappa shape index (κ1) is 28.1. The maximum atomic E-state index is 13.1. The van der Waals surface area contributed by atoms with Crippen molar-refractivity contribution in [3.8, 4) is 11.5 Å². The smallest absolute Gasteiger partial charge is 0.394 e. The lowest BCUT2D eigenvalue weighted by atomic mass is 10.0. The van der Waals surface area contributed by atoms with Gasteiger partial charge in [0.1, 0.15) is 11.5 Å². The van der Waals surface area contributed by atoms with Gasteiger partial charge >= 0.3 is 6.16 Å². The number of benzene rings is 2. The topological polar surface area (TPSA) is 122 Å². The van der Waals surface area contributed by atoms with Crippen LogP contribution in [0.3, 0.4) is 0 Å². The van der Waals surface area contributed by atoms with Crippen molar-refractivity contribution in [1.29, 1.82) is 0 Å². The molecule has 220 valence electrons. The van der Waals surface area contributed by atoms with Gasteiger partial charge in [0.15, 0.2) is 0 Å². The van der Waals surface area contributed by atoms with E-state index in [9.17, 15) is 25.0 Å². The zero-order valence-corrected chi connectivity index (χ0v) is 23.6. The molecule has 0 aliphatic heterocycles. The lowest BCUT2D eigenvalue weighted by Crippen LogP contribution is -2.16. The van der Waals surface area contributed by atoms with E-state index in [4.69, 9.17) is 9.47 Å². The monoisotopic (exact) mass is 572 g/mol. The maximum Gasteiger partial charge on any atom is 0.519 e.